The van der Waals surface area contributed by atoms with Crippen LogP contribution in [0, 0.1) is 0 Å². The summed E-state index contributed by atoms with van der Waals surface area (Å²) in [6.07, 6.45) is 0. The van der Waals surface area contributed by atoms with E-state index in [1.54, 1.807) is 30.0 Å². The van der Waals surface area contributed by atoms with Gasteiger partial charge in [0.1, 0.15) is 11.0 Å². The predicted molar refractivity (Wildman–Crippen MR) is 80.7 cm³/mol. The summed E-state index contributed by atoms with van der Waals surface area (Å²) in [7, 11) is -0.00219. The smallest absolute Gasteiger partial charge is 0.238 e. The molecule has 6 nitrogen and oxygen atoms in total. The fourth-order valence-corrected chi connectivity index (χ4v) is 3.43. The molecule has 116 valence electrons. The summed E-state index contributed by atoms with van der Waals surface area (Å²) in [6, 6.07) is 4.91. The first-order valence-electron chi connectivity index (χ1n) is 6.75. The molecule has 1 fully saturated rings. The van der Waals surface area contributed by atoms with E-state index in [2.05, 4.69) is 0 Å². The summed E-state index contributed by atoms with van der Waals surface area (Å²) >= 11 is 0. The fraction of sp³-hybridized carbons (Fsp3) is 0.500. The van der Waals surface area contributed by atoms with Gasteiger partial charge in [-0.15, -0.1) is 0 Å². The number of ether oxygens (including phenoxy) is 2. The fourth-order valence-electron chi connectivity index (χ4n) is 2.17. The molecule has 21 heavy (non-hydrogen) atoms. The summed E-state index contributed by atoms with van der Waals surface area (Å²) in [5.41, 5.74) is 6.22. The SMILES string of the molecule is COc1cc(N)ccc1S(=O)C(C)C(=O)N1CCOCC1. The van der Waals surface area contributed by atoms with Crippen molar-refractivity contribution in [2.45, 2.75) is 17.1 Å². The van der Waals surface area contributed by atoms with Crippen molar-refractivity contribution in [1.82, 2.24) is 4.90 Å². The molecule has 2 unspecified atom stereocenters. The molecule has 0 radical (unpaired) electrons. The molecule has 1 aliphatic rings. The van der Waals surface area contributed by atoms with Crippen LogP contribution in [-0.2, 0) is 20.3 Å². The Bertz CT molecular complexity index is 544. The van der Waals surface area contributed by atoms with Gasteiger partial charge in [-0.2, -0.15) is 0 Å². The number of hydrogen-bond donors (Lipinski definition) is 1. The second-order valence-corrected chi connectivity index (χ2v) is 6.53. The highest BCUT2D eigenvalue weighted by atomic mass is 32.2. The van der Waals surface area contributed by atoms with Gasteiger partial charge in [0.25, 0.3) is 0 Å². The van der Waals surface area contributed by atoms with Gasteiger partial charge in [-0.25, -0.2) is 0 Å². The molecule has 0 bridgehead atoms. The zero-order valence-corrected chi connectivity index (χ0v) is 13.0. The Morgan fingerprint density at radius 1 is 1.43 bits per heavy atom. The van der Waals surface area contributed by atoms with E-state index in [-0.39, 0.29) is 5.91 Å². The highest BCUT2D eigenvalue weighted by Crippen LogP contribution is 2.27. The number of benzene rings is 1. The molecular weight excluding hydrogens is 292 g/mol. The Labute approximate surface area is 126 Å². The number of morpholine rings is 1. The Balaban J connectivity index is 2.16. The summed E-state index contributed by atoms with van der Waals surface area (Å²) in [6.45, 7) is 3.80. The standard InChI is InChI=1S/C14H20N2O4S/c1-10(14(17)16-5-7-20-8-6-16)21(18)13-4-3-11(15)9-12(13)19-2/h3-4,9-10H,5-8,15H2,1-2H3. The van der Waals surface area contributed by atoms with Gasteiger partial charge in [-0.1, -0.05) is 0 Å². The number of nitrogens with zero attached hydrogens (tertiary/aromatic N) is 1. The number of anilines is 1. The first kappa shape index (κ1) is 15.8. The van der Waals surface area contributed by atoms with Crippen molar-refractivity contribution in [3.05, 3.63) is 18.2 Å². The third kappa shape index (κ3) is 3.54. The maximum absolute atomic E-state index is 12.6. The van der Waals surface area contributed by atoms with Gasteiger partial charge in [0, 0.05) is 24.8 Å². The minimum atomic E-state index is -1.49. The molecule has 7 heteroatoms. The van der Waals surface area contributed by atoms with Crippen LogP contribution in [0.25, 0.3) is 0 Å². The molecule has 1 aromatic rings. The second kappa shape index (κ2) is 6.91. The summed E-state index contributed by atoms with van der Waals surface area (Å²) < 4.78 is 23.1. The van der Waals surface area contributed by atoms with Crippen molar-refractivity contribution in [1.29, 1.82) is 0 Å². The number of carbonyl (C=O) groups excluding carboxylic acids is 1. The Morgan fingerprint density at radius 3 is 2.71 bits per heavy atom. The highest BCUT2D eigenvalue weighted by molar-refractivity contribution is 7.86. The van der Waals surface area contributed by atoms with E-state index in [1.165, 1.54) is 7.11 Å². The average molecular weight is 312 g/mol. The Kier molecular flexibility index (Phi) is 5.19. The van der Waals surface area contributed by atoms with Crippen molar-refractivity contribution in [2.24, 2.45) is 0 Å². The predicted octanol–water partition coefficient (Wildman–Crippen LogP) is 0.632. The second-order valence-electron chi connectivity index (χ2n) is 4.79. The Morgan fingerprint density at radius 2 is 2.10 bits per heavy atom. The third-order valence-corrected chi connectivity index (χ3v) is 5.01. The van der Waals surface area contributed by atoms with Crippen LogP contribution in [0.15, 0.2) is 23.1 Å². The average Bonchev–Trinajstić information content (AvgIpc) is 2.53. The van der Waals surface area contributed by atoms with E-state index in [4.69, 9.17) is 15.2 Å². The minimum absolute atomic E-state index is 0.129. The molecule has 1 aromatic carbocycles. The number of amides is 1. The van der Waals surface area contributed by atoms with Gasteiger partial charge in [0.05, 0.1) is 36.0 Å². The lowest BCUT2D eigenvalue weighted by molar-refractivity contribution is -0.134. The van der Waals surface area contributed by atoms with Gasteiger partial charge in [-0.3, -0.25) is 9.00 Å². The zero-order chi connectivity index (χ0) is 15.4. The minimum Gasteiger partial charge on any atom is -0.495 e. The molecular formula is C14H20N2O4S. The van der Waals surface area contributed by atoms with Crippen LogP contribution in [-0.4, -0.2) is 53.7 Å². The monoisotopic (exact) mass is 312 g/mol. The summed E-state index contributed by atoms with van der Waals surface area (Å²) in [4.78, 5) is 14.6. The van der Waals surface area contributed by atoms with Crippen molar-refractivity contribution < 1.29 is 18.5 Å². The number of methoxy groups -OCH3 is 1. The van der Waals surface area contributed by atoms with Gasteiger partial charge < -0.3 is 20.1 Å². The molecule has 1 heterocycles. The van der Waals surface area contributed by atoms with Crippen LogP contribution in [0.4, 0.5) is 5.69 Å². The number of nitrogens with two attached hydrogens (primary N) is 1. The first-order chi connectivity index (χ1) is 10.0. The molecule has 0 aliphatic carbocycles. The largest absolute Gasteiger partial charge is 0.495 e. The van der Waals surface area contributed by atoms with Crippen LogP contribution in [0.5, 0.6) is 5.75 Å². The van der Waals surface area contributed by atoms with Gasteiger partial charge in [0.15, 0.2) is 0 Å². The van der Waals surface area contributed by atoms with E-state index in [1.807, 2.05) is 0 Å². The van der Waals surface area contributed by atoms with Crippen molar-refractivity contribution >= 4 is 22.4 Å². The number of nitrogen functional groups attached to an aromatic ring is 1. The summed E-state index contributed by atoms with van der Waals surface area (Å²) in [5.74, 6) is 0.311. The van der Waals surface area contributed by atoms with E-state index in [9.17, 15) is 9.00 Å². The van der Waals surface area contributed by atoms with E-state index >= 15 is 0 Å². The lowest BCUT2D eigenvalue weighted by Crippen LogP contribution is -2.46. The molecule has 0 spiro atoms. The zero-order valence-electron chi connectivity index (χ0n) is 12.2. The van der Waals surface area contributed by atoms with Gasteiger partial charge >= 0.3 is 0 Å². The lowest BCUT2D eigenvalue weighted by Gasteiger charge is -2.29. The maximum atomic E-state index is 12.6. The number of hydrogen-bond acceptors (Lipinski definition) is 5. The highest BCUT2D eigenvalue weighted by Gasteiger charge is 2.29. The van der Waals surface area contributed by atoms with Gasteiger partial charge in [0.2, 0.25) is 5.91 Å². The molecule has 0 saturated carbocycles. The molecule has 2 rings (SSSR count). The van der Waals surface area contributed by atoms with Crippen LogP contribution < -0.4 is 10.5 Å². The molecule has 2 N–H and O–H groups in total. The Hall–Kier alpha value is -1.60. The van der Waals surface area contributed by atoms with Gasteiger partial charge in [-0.05, 0) is 19.1 Å². The first-order valence-corrected chi connectivity index (χ1v) is 7.96. The third-order valence-electron chi connectivity index (χ3n) is 3.40. The molecule has 2 atom stereocenters. The van der Waals surface area contributed by atoms with E-state index in [0.29, 0.717) is 42.6 Å². The van der Waals surface area contributed by atoms with E-state index in [0.717, 1.165) is 0 Å². The van der Waals surface area contributed by atoms with Crippen LogP contribution >= 0.6 is 0 Å². The van der Waals surface area contributed by atoms with Crippen LogP contribution in [0.3, 0.4) is 0 Å². The normalized spacial score (nSPS) is 18.1. The molecule has 0 aromatic heterocycles. The van der Waals surface area contributed by atoms with Crippen molar-refractivity contribution in [3.8, 4) is 5.75 Å². The molecule has 1 amide bonds. The number of rotatable bonds is 4. The quantitative estimate of drug-likeness (QED) is 0.825. The topological polar surface area (TPSA) is 81.9 Å². The number of carbonyl (C=O) groups is 1. The molecule has 1 aliphatic heterocycles. The lowest BCUT2D eigenvalue weighted by atomic mass is 10.3. The maximum Gasteiger partial charge on any atom is 0.238 e. The summed E-state index contributed by atoms with van der Waals surface area (Å²) in [5, 5.41) is -0.638. The van der Waals surface area contributed by atoms with Crippen LogP contribution in [0.1, 0.15) is 6.92 Å². The van der Waals surface area contributed by atoms with Crippen molar-refractivity contribution in [2.75, 3.05) is 39.1 Å². The van der Waals surface area contributed by atoms with Crippen LogP contribution in [0.2, 0.25) is 0 Å². The van der Waals surface area contributed by atoms with Crippen molar-refractivity contribution in [3.63, 3.8) is 0 Å². The van der Waals surface area contributed by atoms with E-state index < -0.39 is 16.0 Å². The molecule has 1 saturated heterocycles.